The highest BCUT2D eigenvalue weighted by Gasteiger charge is 2.17. The fourth-order valence-corrected chi connectivity index (χ4v) is 2.47. The second-order valence-electron chi connectivity index (χ2n) is 3.70. The van der Waals surface area contributed by atoms with Crippen molar-refractivity contribution in [1.82, 2.24) is 0 Å². The monoisotopic (exact) mass is 285 g/mol. The van der Waals surface area contributed by atoms with Gasteiger partial charge in [0.15, 0.2) is 11.6 Å². The van der Waals surface area contributed by atoms with Gasteiger partial charge in [0.1, 0.15) is 5.75 Å². The van der Waals surface area contributed by atoms with E-state index in [-0.39, 0.29) is 10.6 Å². The number of phenolic OH excluding ortho intramolecular Hbond substituents is 1. The highest BCUT2D eigenvalue weighted by molar-refractivity contribution is 7.92. The number of phenols is 1. The van der Waals surface area contributed by atoms with Crippen molar-refractivity contribution in [3.63, 3.8) is 0 Å². The first kappa shape index (κ1) is 13.3. The molecule has 0 saturated heterocycles. The molecule has 0 aliphatic heterocycles. The highest BCUT2D eigenvalue weighted by atomic mass is 32.2. The quantitative estimate of drug-likeness (QED) is 0.910. The number of aromatic hydroxyl groups is 1. The molecular weight excluding hydrogens is 276 g/mol. The van der Waals surface area contributed by atoms with Crippen LogP contribution in [-0.4, -0.2) is 13.5 Å². The topological polar surface area (TPSA) is 66.4 Å². The molecule has 0 bridgehead atoms. The second-order valence-corrected chi connectivity index (χ2v) is 5.38. The Morgan fingerprint density at radius 3 is 2.26 bits per heavy atom. The summed E-state index contributed by atoms with van der Waals surface area (Å²) in [5.74, 6) is -2.52. The lowest BCUT2D eigenvalue weighted by Crippen LogP contribution is -2.14. The van der Waals surface area contributed by atoms with Crippen molar-refractivity contribution in [3.8, 4) is 5.75 Å². The van der Waals surface area contributed by atoms with E-state index in [1.165, 1.54) is 18.2 Å². The second kappa shape index (κ2) is 4.85. The van der Waals surface area contributed by atoms with Crippen LogP contribution in [0.5, 0.6) is 5.75 Å². The number of benzene rings is 2. The molecule has 0 aromatic heterocycles. The maximum Gasteiger partial charge on any atom is 0.261 e. The molecule has 0 unspecified atom stereocenters. The molecule has 4 nitrogen and oxygen atoms in total. The van der Waals surface area contributed by atoms with Crippen LogP contribution in [0.1, 0.15) is 0 Å². The molecule has 19 heavy (non-hydrogen) atoms. The van der Waals surface area contributed by atoms with E-state index in [1.54, 1.807) is 0 Å². The molecule has 0 atom stereocenters. The molecule has 0 aliphatic rings. The third-order valence-corrected chi connectivity index (χ3v) is 3.72. The number of rotatable bonds is 3. The molecule has 0 saturated carbocycles. The van der Waals surface area contributed by atoms with Crippen molar-refractivity contribution in [2.24, 2.45) is 0 Å². The predicted molar refractivity (Wildman–Crippen MR) is 65.3 cm³/mol. The van der Waals surface area contributed by atoms with Crippen molar-refractivity contribution >= 4 is 15.7 Å². The Labute approximate surface area is 108 Å². The summed E-state index contributed by atoms with van der Waals surface area (Å²) in [7, 11) is -4.04. The zero-order valence-electron chi connectivity index (χ0n) is 9.47. The van der Waals surface area contributed by atoms with Crippen LogP contribution in [0.2, 0.25) is 0 Å². The van der Waals surface area contributed by atoms with Gasteiger partial charge in [-0.2, -0.15) is 0 Å². The summed E-state index contributed by atoms with van der Waals surface area (Å²) in [5.41, 5.74) is -0.479. The smallest absolute Gasteiger partial charge is 0.261 e. The van der Waals surface area contributed by atoms with Crippen LogP contribution >= 0.6 is 0 Å². The molecule has 0 heterocycles. The molecular formula is C12H9F2NO3S. The van der Waals surface area contributed by atoms with Crippen LogP contribution in [0.25, 0.3) is 0 Å². The van der Waals surface area contributed by atoms with Crippen molar-refractivity contribution in [1.29, 1.82) is 0 Å². The van der Waals surface area contributed by atoms with Gasteiger partial charge in [-0.3, -0.25) is 4.72 Å². The van der Waals surface area contributed by atoms with Crippen LogP contribution in [0.15, 0.2) is 47.4 Å². The zero-order chi connectivity index (χ0) is 14.0. The molecule has 100 valence electrons. The van der Waals surface area contributed by atoms with Crippen molar-refractivity contribution in [2.75, 3.05) is 4.72 Å². The Kier molecular flexibility index (Phi) is 3.39. The first-order valence-corrected chi connectivity index (χ1v) is 6.64. The molecule has 0 radical (unpaired) electrons. The fourth-order valence-electron chi connectivity index (χ4n) is 1.41. The number of anilines is 1. The third kappa shape index (κ3) is 2.82. The van der Waals surface area contributed by atoms with Gasteiger partial charge in [-0.25, -0.2) is 17.2 Å². The molecule has 0 aliphatic carbocycles. The minimum atomic E-state index is -4.04. The maximum absolute atomic E-state index is 13.4. The van der Waals surface area contributed by atoms with E-state index in [1.807, 2.05) is 4.72 Å². The Morgan fingerprint density at radius 1 is 1.00 bits per heavy atom. The van der Waals surface area contributed by atoms with Gasteiger partial charge in [0.2, 0.25) is 0 Å². The van der Waals surface area contributed by atoms with E-state index >= 15 is 0 Å². The van der Waals surface area contributed by atoms with Crippen LogP contribution in [0.4, 0.5) is 14.5 Å². The Bertz CT molecular complexity index is 699. The van der Waals surface area contributed by atoms with E-state index in [4.69, 9.17) is 5.11 Å². The first-order chi connectivity index (χ1) is 8.90. The summed E-state index contributed by atoms with van der Waals surface area (Å²) in [6.45, 7) is 0. The van der Waals surface area contributed by atoms with Gasteiger partial charge in [-0.1, -0.05) is 6.07 Å². The van der Waals surface area contributed by atoms with Gasteiger partial charge in [-0.15, -0.1) is 0 Å². The fraction of sp³-hybridized carbons (Fsp3) is 0. The Hall–Kier alpha value is -2.15. The zero-order valence-corrected chi connectivity index (χ0v) is 10.3. The van der Waals surface area contributed by atoms with E-state index in [0.29, 0.717) is 0 Å². The lowest BCUT2D eigenvalue weighted by atomic mass is 10.3. The van der Waals surface area contributed by atoms with E-state index in [0.717, 1.165) is 24.3 Å². The molecule has 2 rings (SSSR count). The van der Waals surface area contributed by atoms with Crippen LogP contribution in [0.3, 0.4) is 0 Å². The number of halogens is 2. The summed E-state index contributed by atoms with van der Waals surface area (Å²) < 4.78 is 52.1. The summed E-state index contributed by atoms with van der Waals surface area (Å²) in [6.07, 6.45) is 0. The third-order valence-electron chi connectivity index (χ3n) is 2.34. The van der Waals surface area contributed by atoms with Crippen molar-refractivity contribution in [2.45, 2.75) is 4.90 Å². The van der Waals surface area contributed by atoms with Gasteiger partial charge in [0, 0.05) is 0 Å². The minimum Gasteiger partial charge on any atom is -0.508 e. The van der Waals surface area contributed by atoms with Crippen molar-refractivity contribution in [3.05, 3.63) is 54.1 Å². The lowest BCUT2D eigenvalue weighted by molar-refractivity contribution is 0.475. The molecule has 2 aromatic carbocycles. The first-order valence-electron chi connectivity index (χ1n) is 5.16. The number of hydrogen-bond donors (Lipinski definition) is 2. The van der Waals surface area contributed by atoms with E-state index in [2.05, 4.69) is 0 Å². The van der Waals surface area contributed by atoms with E-state index in [9.17, 15) is 17.2 Å². The van der Waals surface area contributed by atoms with Crippen molar-refractivity contribution < 1.29 is 22.3 Å². The summed E-state index contributed by atoms with van der Waals surface area (Å²) in [5, 5.41) is 9.07. The molecule has 0 spiro atoms. The predicted octanol–water partition coefficient (Wildman–Crippen LogP) is 2.47. The van der Waals surface area contributed by atoms with Crippen LogP contribution < -0.4 is 4.72 Å². The normalized spacial score (nSPS) is 11.3. The minimum absolute atomic E-state index is 0.101. The Balaban J connectivity index is 2.36. The SMILES string of the molecule is O=S(=O)(Nc1cccc(F)c1F)c1ccc(O)cc1. The largest absolute Gasteiger partial charge is 0.508 e. The summed E-state index contributed by atoms with van der Waals surface area (Å²) >= 11 is 0. The molecule has 2 N–H and O–H groups in total. The maximum atomic E-state index is 13.4. The average molecular weight is 285 g/mol. The average Bonchev–Trinajstić information content (AvgIpc) is 2.35. The van der Waals surface area contributed by atoms with Gasteiger partial charge in [0.05, 0.1) is 10.6 Å². The summed E-state index contributed by atoms with van der Waals surface area (Å²) in [4.78, 5) is -0.172. The molecule has 0 fully saturated rings. The highest BCUT2D eigenvalue weighted by Crippen LogP contribution is 2.21. The number of hydrogen-bond acceptors (Lipinski definition) is 3. The van der Waals surface area contributed by atoms with Gasteiger partial charge >= 0.3 is 0 Å². The van der Waals surface area contributed by atoms with Gasteiger partial charge in [0.25, 0.3) is 10.0 Å². The number of nitrogens with one attached hydrogen (secondary N) is 1. The Morgan fingerprint density at radius 2 is 1.63 bits per heavy atom. The lowest BCUT2D eigenvalue weighted by Gasteiger charge is -2.09. The van der Waals surface area contributed by atoms with Crippen LogP contribution in [-0.2, 0) is 10.0 Å². The standard InChI is InChI=1S/C12H9F2NO3S/c13-10-2-1-3-11(12(10)14)15-19(17,18)9-6-4-8(16)5-7-9/h1-7,15-16H. The number of sulfonamides is 1. The van der Waals surface area contributed by atoms with Crippen LogP contribution in [0, 0.1) is 11.6 Å². The molecule has 2 aromatic rings. The molecule has 7 heteroatoms. The van der Waals surface area contributed by atoms with E-state index < -0.39 is 27.3 Å². The van der Waals surface area contributed by atoms with Gasteiger partial charge < -0.3 is 5.11 Å². The summed E-state index contributed by atoms with van der Waals surface area (Å²) in [6, 6.07) is 7.83. The van der Waals surface area contributed by atoms with Gasteiger partial charge in [-0.05, 0) is 36.4 Å². The molecule has 0 amide bonds.